The fraction of sp³-hybridized carbons (Fsp3) is 0.571. The number of hydrogen-bond donors (Lipinski definition) is 0. The number of rotatable bonds is 3. The Labute approximate surface area is 113 Å². The zero-order valence-electron chi connectivity index (χ0n) is 11.0. The zero-order valence-corrected chi connectivity index (χ0v) is 11.8. The van der Waals surface area contributed by atoms with E-state index in [1.54, 1.807) is 11.8 Å². The summed E-state index contributed by atoms with van der Waals surface area (Å²) in [7, 11) is 0. The number of pyridine rings is 1. The number of aryl methyl sites for hydroxylation is 1. The molecule has 2 rings (SSSR count). The lowest BCUT2D eigenvalue weighted by atomic mass is 9.97. The van der Waals surface area contributed by atoms with Crippen LogP contribution in [0.2, 0.25) is 0 Å². The lowest BCUT2D eigenvalue weighted by Gasteiger charge is -2.36. The Morgan fingerprint density at radius 3 is 2.78 bits per heavy atom. The first kappa shape index (κ1) is 13.4. The minimum absolute atomic E-state index is 0.157. The fourth-order valence-corrected chi connectivity index (χ4v) is 3.01. The highest BCUT2D eigenvalue weighted by Crippen LogP contribution is 2.34. The molecule has 0 saturated carbocycles. The average Bonchev–Trinajstić information content (AvgIpc) is 2.43. The Morgan fingerprint density at radius 1 is 1.50 bits per heavy atom. The Balaban J connectivity index is 1.96. The molecule has 96 valence electrons. The number of nitriles is 1. The minimum atomic E-state index is -0.157. The summed E-state index contributed by atoms with van der Waals surface area (Å²) in [6.45, 7) is 4.99. The third-order valence-electron chi connectivity index (χ3n) is 3.75. The summed E-state index contributed by atoms with van der Waals surface area (Å²) in [5.74, 6) is 0. The Hall–Kier alpha value is -1.05. The van der Waals surface area contributed by atoms with Gasteiger partial charge in [0.15, 0.2) is 0 Å². The van der Waals surface area contributed by atoms with Gasteiger partial charge in [-0.3, -0.25) is 9.88 Å². The van der Waals surface area contributed by atoms with Crippen molar-refractivity contribution >= 4 is 11.8 Å². The van der Waals surface area contributed by atoms with Crippen molar-refractivity contribution in [2.45, 2.75) is 31.1 Å². The molecule has 4 heteroatoms. The van der Waals surface area contributed by atoms with Gasteiger partial charge in [0.25, 0.3) is 0 Å². The molecule has 0 amide bonds. The van der Waals surface area contributed by atoms with Crippen LogP contribution in [0.3, 0.4) is 0 Å². The Bertz CT molecular complexity index is 445. The minimum Gasteiger partial charge on any atom is -0.297 e. The molecule has 18 heavy (non-hydrogen) atoms. The van der Waals surface area contributed by atoms with E-state index in [9.17, 15) is 5.26 Å². The van der Waals surface area contributed by atoms with Crippen LogP contribution in [0.1, 0.15) is 24.1 Å². The molecule has 1 aromatic rings. The predicted molar refractivity (Wildman–Crippen MR) is 75.3 cm³/mol. The van der Waals surface area contributed by atoms with Crippen molar-refractivity contribution in [2.24, 2.45) is 0 Å². The van der Waals surface area contributed by atoms with Crippen molar-refractivity contribution in [1.82, 2.24) is 9.88 Å². The summed E-state index contributed by atoms with van der Waals surface area (Å²) in [5, 5.41) is 9.26. The summed E-state index contributed by atoms with van der Waals surface area (Å²) >= 11 is 1.70. The van der Waals surface area contributed by atoms with Gasteiger partial charge in [-0.2, -0.15) is 5.26 Å². The average molecular weight is 261 g/mol. The first-order chi connectivity index (χ1) is 8.69. The van der Waals surface area contributed by atoms with E-state index in [0.717, 1.165) is 38.2 Å². The normalized spacial score (nSPS) is 19.4. The van der Waals surface area contributed by atoms with Crippen molar-refractivity contribution in [3.63, 3.8) is 0 Å². The number of likely N-dealkylation sites (tertiary alicyclic amines) is 1. The van der Waals surface area contributed by atoms with Crippen molar-refractivity contribution < 1.29 is 0 Å². The zero-order chi connectivity index (χ0) is 13.0. The number of hydrogen-bond acceptors (Lipinski definition) is 4. The fourth-order valence-electron chi connectivity index (χ4n) is 2.33. The highest BCUT2D eigenvalue weighted by Gasteiger charge is 2.33. The second kappa shape index (κ2) is 5.73. The van der Waals surface area contributed by atoms with E-state index in [4.69, 9.17) is 0 Å². The van der Waals surface area contributed by atoms with Crippen molar-refractivity contribution in [1.29, 1.82) is 5.26 Å². The molecule has 0 spiro atoms. The van der Waals surface area contributed by atoms with E-state index in [1.807, 2.05) is 18.5 Å². The monoisotopic (exact) mass is 261 g/mol. The molecule has 0 radical (unpaired) electrons. The summed E-state index contributed by atoms with van der Waals surface area (Å²) in [5.41, 5.74) is 2.41. The number of piperidine rings is 1. The van der Waals surface area contributed by atoms with Crippen molar-refractivity contribution in [3.8, 4) is 6.07 Å². The van der Waals surface area contributed by atoms with E-state index in [2.05, 4.69) is 28.9 Å². The third-order valence-corrected chi connectivity index (χ3v) is 5.03. The van der Waals surface area contributed by atoms with Crippen LogP contribution in [0.15, 0.2) is 18.3 Å². The Kier molecular flexibility index (Phi) is 4.26. The molecule has 0 N–H and O–H groups in total. The highest BCUT2D eigenvalue weighted by molar-refractivity contribution is 8.00. The van der Waals surface area contributed by atoms with Crippen LogP contribution in [-0.4, -0.2) is 34.0 Å². The van der Waals surface area contributed by atoms with Gasteiger partial charge in [0, 0.05) is 25.8 Å². The van der Waals surface area contributed by atoms with Crippen LogP contribution < -0.4 is 0 Å². The molecular weight excluding hydrogens is 242 g/mol. The summed E-state index contributed by atoms with van der Waals surface area (Å²) in [6, 6.07) is 6.56. The van der Waals surface area contributed by atoms with Crippen LogP contribution >= 0.6 is 11.8 Å². The predicted octanol–water partition coefficient (Wildman–Crippen LogP) is 2.61. The van der Waals surface area contributed by atoms with Gasteiger partial charge < -0.3 is 0 Å². The van der Waals surface area contributed by atoms with Gasteiger partial charge in [-0.15, -0.1) is 11.8 Å². The molecule has 0 unspecified atom stereocenters. The third kappa shape index (κ3) is 2.85. The molecule has 1 fully saturated rings. The van der Waals surface area contributed by atoms with Gasteiger partial charge in [-0.1, -0.05) is 6.07 Å². The number of aromatic nitrogens is 1. The summed E-state index contributed by atoms with van der Waals surface area (Å²) in [6.07, 6.45) is 5.81. The first-order valence-electron chi connectivity index (χ1n) is 6.28. The van der Waals surface area contributed by atoms with Crippen molar-refractivity contribution in [2.75, 3.05) is 19.3 Å². The van der Waals surface area contributed by atoms with Gasteiger partial charge in [0.1, 0.15) is 4.75 Å². The standard InChI is InChI=1S/C14H19N3S/c1-12-4-3-7-16-13(12)10-17-8-5-14(11-15,18-2)6-9-17/h3-4,7H,5-6,8-10H2,1-2H3. The maximum atomic E-state index is 9.26. The SMILES string of the molecule is CSC1(C#N)CCN(Cc2ncccc2C)CC1. The van der Waals surface area contributed by atoms with Crippen LogP contribution in [0.5, 0.6) is 0 Å². The number of thioether (sulfide) groups is 1. The maximum absolute atomic E-state index is 9.26. The molecule has 1 aliphatic rings. The van der Waals surface area contributed by atoms with Gasteiger partial charge >= 0.3 is 0 Å². The van der Waals surface area contributed by atoms with Gasteiger partial charge in [-0.25, -0.2) is 0 Å². The quantitative estimate of drug-likeness (QED) is 0.838. The molecule has 0 aromatic carbocycles. The maximum Gasteiger partial charge on any atom is 0.104 e. The molecule has 1 saturated heterocycles. The van der Waals surface area contributed by atoms with E-state index in [0.29, 0.717) is 0 Å². The van der Waals surface area contributed by atoms with Crippen LogP contribution in [-0.2, 0) is 6.54 Å². The molecule has 1 aliphatic heterocycles. The molecule has 1 aromatic heterocycles. The molecular formula is C14H19N3S. The van der Waals surface area contributed by atoms with Gasteiger partial charge in [-0.05, 0) is 37.7 Å². The summed E-state index contributed by atoms with van der Waals surface area (Å²) in [4.78, 5) is 6.84. The largest absolute Gasteiger partial charge is 0.297 e. The number of nitrogens with zero attached hydrogens (tertiary/aromatic N) is 3. The van der Waals surface area contributed by atoms with Crippen LogP contribution in [0.25, 0.3) is 0 Å². The highest BCUT2D eigenvalue weighted by atomic mass is 32.2. The smallest absolute Gasteiger partial charge is 0.104 e. The van der Waals surface area contributed by atoms with Gasteiger partial charge in [0.2, 0.25) is 0 Å². The van der Waals surface area contributed by atoms with Crippen LogP contribution in [0.4, 0.5) is 0 Å². The van der Waals surface area contributed by atoms with Crippen molar-refractivity contribution in [3.05, 3.63) is 29.6 Å². The lowest BCUT2D eigenvalue weighted by Crippen LogP contribution is -2.41. The second-order valence-electron chi connectivity index (χ2n) is 4.85. The molecule has 2 heterocycles. The summed E-state index contributed by atoms with van der Waals surface area (Å²) < 4.78 is -0.157. The molecule has 0 aliphatic carbocycles. The topological polar surface area (TPSA) is 39.9 Å². The van der Waals surface area contributed by atoms with E-state index >= 15 is 0 Å². The van der Waals surface area contributed by atoms with E-state index < -0.39 is 0 Å². The molecule has 0 atom stereocenters. The second-order valence-corrected chi connectivity index (χ2v) is 6.04. The lowest BCUT2D eigenvalue weighted by molar-refractivity contribution is 0.207. The first-order valence-corrected chi connectivity index (χ1v) is 7.51. The van der Waals surface area contributed by atoms with Gasteiger partial charge in [0.05, 0.1) is 11.8 Å². The Morgan fingerprint density at radius 2 is 2.22 bits per heavy atom. The molecule has 3 nitrogen and oxygen atoms in total. The van der Waals surface area contributed by atoms with Crippen LogP contribution in [0, 0.1) is 18.3 Å². The van der Waals surface area contributed by atoms with E-state index in [-0.39, 0.29) is 4.75 Å². The van der Waals surface area contributed by atoms with E-state index in [1.165, 1.54) is 5.56 Å². The molecule has 0 bridgehead atoms.